The topological polar surface area (TPSA) is 38.0 Å². The first-order chi connectivity index (χ1) is 18.7. The Morgan fingerprint density at radius 2 is 1.16 bits per heavy atom. The molecule has 1 aromatic heterocycles. The van der Waals surface area contributed by atoms with Crippen molar-refractivity contribution in [2.45, 2.75) is 24.5 Å². The van der Waals surface area contributed by atoms with Gasteiger partial charge in [0.25, 0.3) is 0 Å². The predicted molar refractivity (Wildman–Crippen MR) is 154 cm³/mol. The summed E-state index contributed by atoms with van der Waals surface area (Å²) in [5.41, 5.74) is 4.81. The van der Waals surface area contributed by atoms with Gasteiger partial charge in [-0.1, -0.05) is 127 Å². The average Bonchev–Trinajstić information content (AvgIpc) is 3.47. The molecule has 1 atom stereocenters. The van der Waals surface area contributed by atoms with Crippen LogP contribution in [0.2, 0.25) is 0 Å². The first-order valence-corrected chi connectivity index (χ1v) is 13.1. The smallest absolute Gasteiger partial charge is 0.121 e. The van der Waals surface area contributed by atoms with Gasteiger partial charge in [0, 0.05) is 6.20 Å². The largest absolute Gasteiger partial charge is 0.388 e. The summed E-state index contributed by atoms with van der Waals surface area (Å²) in [5, 5.41) is 13.3. The maximum Gasteiger partial charge on any atom is 0.121 e. The number of hydrogen-bond acceptors (Lipinski definition) is 2. The zero-order valence-corrected chi connectivity index (χ0v) is 21.2. The number of imidazole rings is 1. The molecule has 186 valence electrons. The summed E-state index contributed by atoms with van der Waals surface area (Å²) < 4.78 is 2.23. The number of aryl methyl sites for hydroxylation is 1. The summed E-state index contributed by atoms with van der Waals surface area (Å²) in [6, 6.07) is 46.2. The van der Waals surface area contributed by atoms with Crippen LogP contribution in [-0.4, -0.2) is 14.7 Å². The van der Waals surface area contributed by atoms with Gasteiger partial charge >= 0.3 is 0 Å². The lowest BCUT2D eigenvalue weighted by Crippen LogP contribution is -2.36. The number of benzene rings is 5. The fourth-order valence-corrected chi connectivity index (χ4v) is 5.53. The minimum atomic E-state index is -0.577. The second-order valence-electron chi connectivity index (χ2n) is 9.74. The zero-order valence-electron chi connectivity index (χ0n) is 21.2. The Bertz CT molecular complexity index is 1530. The minimum absolute atomic E-state index is 0.549. The van der Waals surface area contributed by atoms with Crippen LogP contribution in [0.25, 0.3) is 10.8 Å². The van der Waals surface area contributed by atoms with Crippen LogP contribution >= 0.6 is 0 Å². The van der Waals surface area contributed by atoms with Gasteiger partial charge in [-0.05, 0) is 51.9 Å². The van der Waals surface area contributed by atoms with Crippen molar-refractivity contribution in [1.29, 1.82) is 0 Å². The van der Waals surface area contributed by atoms with Crippen molar-refractivity contribution in [3.63, 3.8) is 0 Å². The van der Waals surface area contributed by atoms with Crippen LogP contribution in [0.1, 0.15) is 40.5 Å². The van der Waals surface area contributed by atoms with Crippen molar-refractivity contribution >= 4 is 10.8 Å². The molecule has 3 heteroatoms. The molecule has 0 spiro atoms. The second kappa shape index (κ2) is 10.5. The maximum absolute atomic E-state index is 11.0. The van der Waals surface area contributed by atoms with E-state index in [9.17, 15) is 5.11 Å². The van der Waals surface area contributed by atoms with Gasteiger partial charge in [0.15, 0.2) is 0 Å². The van der Waals surface area contributed by atoms with Gasteiger partial charge < -0.3 is 9.67 Å². The molecule has 6 rings (SSSR count). The number of aromatic nitrogens is 2. The number of nitrogens with zero attached hydrogens (tertiary/aromatic N) is 2. The lowest BCUT2D eigenvalue weighted by molar-refractivity contribution is 0.167. The van der Waals surface area contributed by atoms with Crippen LogP contribution in [0.15, 0.2) is 146 Å². The van der Waals surface area contributed by atoms with E-state index in [0.717, 1.165) is 33.3 Å². The summed E-state index contributed by atoms with van der Waals surface area (Å²) in [6.07, 6.45) is 4.80. The van der Waals surface area contributed by atoms with E-state index in [1.807, 2.05) is 24.5 Å². The normalized spacial score (nSPS) is 12.4. The maximum atomic E-state index is 11.0. The van der Waals surface area contributed by atoms with Crippen molar-refractivity contribution < 1.29 is 5.11 Å². The van der Waals surface area contributed by atoms with E-state index in [2.05, 4.69) is 126 Å². The molecule has 1 unspecified atom stereocenters. The molecule has 5 aromatic carbocycles. The van der Waals surface area contributed by atoms with E-state index in [-0.39, 0.29) is 0 Å². The number of aliphatic hydroxyl groups is 1. The first-order valence-electron chi connectivity index (χ1n) is 13.1. The Morgan fingerprint density at radius 3 is 1.74 bits per heavy atom. The van der Waals surface area contributed by atoms with Crippen LogP contribution in [0, 0.1) is 0 Å². The van der Waals surface area contributed by atoms with Crippen LogP contribution in [0.3, 0.4) is 0 Å². The molecule has 0 amide bonds. The third-order valence-corrected chi connectivity index (χ3v) is 7.43. The molecule has 0 aliphatic carbocycles. The Hall–Kier alpha value is -4.47. The second-order valence-corrected chi connectivity index (χ2v) is 9.74. The van der Waals surface area contributed by atoms with Gasteiger partial charge in [-0.2, -0.15) is 0 Å². The van der Waals surface area contributed by atoms with E-state index in [1.165, 1.54) is 5.39 Å². The Kier molecular flexibility index (Phi) is 6.60. The van der Waals surface area contributed by atoms with E-state index in [0.29, 0.717) is 12.8 Å². The quantitative estimate of drug-likeness (QED) is 0.222. The third-order valence-electron chi connectivity index (χ3n) is 7.43. The van der Waals surface area contributed by atoms with Crippen LogP contribution in [-0.2, 0) is 12.0 Å². The Morgan fingerprint density at radius 1 is 0.632 bits per heavy atom. The molecule has 1 heterocycles. The highest BCUT2D eigenvalue weighted by Crippen LogP contribution is 2.40. The lowest BCUT2D eigenvalue weighted by atomic mass is 9.77. The van der Waals surface area contributed by atoms with E-state index < -0.39 is 11.6 Å². The van der Waals surface area contributed by atoms with Crippen LogP contribution in [0.4, 0.5) is 0 Å². The van der Waals surface area contributed by atoms with Gasteiger partial charge in [0.05, 0.1) is 18.1 Å². The standard InChI is InChI=1S/C35H30N2O/c38-34(29-21-20-27-12-10-11-13-28(27)24-29)23-22-33-25-37(26-36-33)35(30-14-4-1-5-15-30,31-16-6-2-7-17-31)32-18-8-3-9-19-32/h1-21,24-26,34,38H,22-23H2. The third kappa shape index (κ3) is 4.42. The van der Waals surface area contributed by atoms with Gasteiger partial charge in [0.2, 0.25) is 0 Å². The molecule has 6 aromatic rings. The molecule has 0 saturated heterocycles. The summed E-state index contributed by atoms with van der Waals surface area (Å²) in [6.45, 7) is 0. The van der Waals surface area contributed by atoms with E-state index in [1.54, 1.807) is 0 Å². The fraction of sp³-hybridized carbons (Fsp3) is 0.114. The number of fused-ring (bicyclic) bond motifs is 1. The molecule has 38 heavy (non-hydrogen) atoms. The highest BCUT2D eigenvalue weighted by Gasteiger charge is 2.38. The molecule has 0 fully saturated rings. The van der Waals surface area contributed by atoms with Crippen molar-refractivity contribution in [3.8, 4) is 0 Å². The molecule has 0 bridgehead atoms. The molecule has 0 saturated carbocycles. The van der Waals surface area contributed by atoms with Gasteiger partial charge in [-0.25, -0.2) is 4.98 Å². The highest BCUT2D eigenvalue weighted by atomic mass is 16.3. The Balaban J connectivity index is 1.36. The minimum Gasteiger partial charge on any atom is -0.388 e. The van der Waals surface area contributed by atoms with Crippen molar-refractivity contribution in [2.75, 3.05) is 0 Å². The number of aliphatic hydroxyl groups excluding tert-OH is 1. The molecule has 0 radical (unpaired) electrons. The molecular formula is C35H30N2O. The van der Waals surface area contributed by atoms with E-state index in [4.69, 9.17) is 4.98 Å². The highest BCUT2D eigenvalue weighted by molar-refractivity contribution is 5.83. The fourth-order valence-electron chi connectivity index (χ4n) is 5.53. The summed E-state index contributed by atoms with van der Waals surface area (Å²) in [5.74, 6) is 0. The molecule has 3 nitrogen and oxygen atoms in total. The number of rotatable bonds is 8. The monoisotopic (exact) mass is 494 g/mol. The first kappa shape index (κ1) is 23.9. The Labute approximate surface area is 223 Å². The van der Waals surface area contributed by atoms with Gasteiger partial charge in [0.1, 0.15) is 5.54 Å². The molecular weight excluding hydrogens is 464 g/mol. The predicted octanol–water partition coefficient (Wildman–Crippen LogP) is 7.54. The van der Waals surface area contributed by atoms with Crippen LogP contribution < -0.4 is 0 Å². The summed E-state index contributed by atoms with van der Waals surface area (Å²) in [7, 11) is 0. The van der Waals surface area contributed by atoms with E-state index >= 15 is 0 Å². The zero-order chi connectivity index (χ0) is 25.8. The molecule has 1 N–H and O–H groups in total. The summed E-state index contributed by atoms with van der Waals surface area (Å²) in [4.78, 5) is 4.83. The van der Waals surface area contributed by atoms with Gasteiger partial charge in [-0.15, -0.1) is 0 Å². The van der Waals surface area contributed by atoms with Gasteiger partial charge in [-0.3, -0.25) is 0 Å². The average molecular weight is 495 g/mol. The lowest BCUT2D eigenvalue weighted by Gasteiger charge is -2.37. The van der Waals surface area contributed by atoms with Crippen LogP contribution in [0.5, 0.6) is 0 Å². The summed E-state index contributed by atoms with van der Waals surface area (Å²) >= 11 is 0. The molecule has 0 aliphatic heterocycles. The number of hydrogen-bond donors (Lipinski definition) is 1. The van der Waals surface area contributed by atoms with Crippen molar-refractivity contribution in [3.05, 3.63) is 174 Å². The molecule has 0 aliphatic rings. The SMILES string of the molecule is OC(CCc1cn(C(c2ccccc2)(c2ccccc2)c2ccccc2)cn1)c1ccc2ccccc2c1. The van der Waals surface area contributed by atoms with Crippen molar-refractivity contribution in [2.24, 2.45) is 0 Å². The van der Waals surface area contributed by atoms with Crippen molar-refractivity contribution in [1.82, 2.24) is 9.55 Å².